The molecule has 1 aromatic carbocycles. The lowest BCUT2D eigenvalue weighted by molar-refractivity contribution is -0.117. The number of aryl methyl sites for hydroxylation is 1. The molecule has 0 bridgehead atoms. The third kappa shape index (κ3) is 6.18. The highest BCUT2D eigenvalue weighted by Gasteiger charge is 2.16. The molecule has 0 spiro atoms. The standard InChI is InChI=1S/C30H33N7O3/c1-19-25(15-24(17-31-19)33-27(38)18-37-11-5-4-6-12-37)35-29(39)23-13-22-14-26(34-28(22)32-16-23)20-7-9-21(10-8-20)30(40)36(2)3/h7-10,13-17H,4-6,11-12,18H2,1-3H3,(H,32,34)(H,33,38)(H,35,39). The maximum atomic E-state index is 13.1. The second-order valence-corrected chi connectivity index (χ2v) is 10.3. The number of amides is 3. The molecule has 1 aliphatic heterocycles. The topological polar surface area (TPSA) is 123 Å². The normalized spacial score (nSPS) is 13.7. The minimum Gasteiger partial charge on any atom is -0.345 e. The number of nitrogens with one attached hydrogen (secondary N) is 3. The van der Waals surface area contributed by atoms with Crippen molar-refractivity contribution in [2.24, 2.45) is 0 Å². The van der Waals surface area contributed by atoms with Crippen molar-refractivity contribution in [3.05, 3.63) is 71.7 Å². The third-order valence-corrected chi connectivity index (χ3v) is 7.02. The molecular weight excluding hydrogens is 506 g/mol. The first-order chi connectivity index (χ1) is 19.3. The van der Waals surface area contributed by atoms with Crippen LogP contribution in [0.2, 0.25) is 0 Å². The number of hydrogen-bond acceptors (Lipinski definition) is 6. The van der Waals surface area contributed by atoms with Gasteiger partial charge in [-0.15, -0.1) is 0 Å². The van der Waals surface area contributed by atoms with Crippen LogP contribution in [0.15, 0.2) is 54.9 Å². The molecule has 10 heteroatoms. The number of aromatic amines is 1. The SMILES string of the molecule is Cc1ncc(NC(=O)CN2CCCCC2)cc1NC(=O)c1cnc2[nH]c(-c3ccc(C(=O)N(C)C)cc3)cc2c1. The Labute approximate surface area is 232 Å². The number of likely N-dealkylation sites (tertiary alicyclic amines) is 1. The minimum atomic E-state index is -0.328. The van der Waals surface area contributed by atoms with Gasteiger partial charge in [0.2, 0.25) is 5.91 Å². The van der Waals surface area contributed by atoms with E-state index in [1.165, 1.54) is 17.5 Å². The van der Waals surface area contributed by atoms with Crippen molar-refractivity contribution in [3.8, 4) is 11.3 Å². The number of anilines is 2. The van der Waals surface area contributed by atoms with Gasteiger partial charge in [0.25, 0.3) is 11.8 Å². The molecule has 3 N–H and O–H groups in total. The van der Waals surface area contributed by atoms with Gasteiger partial charge in [0, 0.05) is 36.9 Å². The predicted molar refractivity (Wildman–Crippen MR) is 155 cm³/mol. The van der Waals surface area contributed by atoms with Gasteiger partial charge in [-0.3, -0.25) is 24.3 Å². The Bertz CT molecular complexity index is 1550. The average molecular weight is 540 g/mol. The van der Waals surface area contributed by atoms with Crippen molar-refractivity contribution in [2.45, 2.75) is 26.2 Å². The summed E-state index contributed by atoms with van der Waals surface area (Å²) in [7, 11) is 3.44. The maximum Gasteiger partial charge on any atom is 0.257 e. The summed E-state index contributed by atoms with van der Waals surface area (Å²) in [4.78, 5) is 53.6. The van der Waals surface area contributed by atoms with Crippen LogP contribution < -0.4 is 10.6 Å². The van der Waals surface area contributed by atoms with Gasteiger partial charge in [0.15, 0.2) is 0 Å². The van der Waals surface area contributed by atoms with Crippen LogP contribution in [0.1, 0.15) is 45.7 Å². The molecule has 0 radical (unpaired) electrons. The van der Waals surface area contributed by atoms with E-state index in [0.29, 0.717) is 40.4 Å². The number of carbonyl (C=O) groups is 3. The molecule has 5 rings (SSSR count). The van der Waals surface area contributed by atoms with E-state index in [1.807, 2.05) is 18.2 Å². The molecule has 206 valence electrons. The van der Waals surface area contributed by atoms with Gasteiger partial charge in [-0.05, 0) is 68.8 Å². The van der Waals surface area contributed by atoms with Gasteiger partial charge < -0.3 is 20.5 Å². The number of benzene rings is 1. The first-order valence-electron chi connectivity index (χ1n) is 13.4. The third-order valence-electron chi connectivity index (χ3n) is 7.02. The summed E-state index contributed by atoms with van der Waals surface area (Å²) in [5.74, 6) is -0.483. The van der Waals surface area contributed by atoms with E-state index in [-0.39, 0.29) is 17.7 Å². The van der Waals surface area contributed by atoms with Crippen molar-refractivity contribution < 1.29 is 14.4 Å². The average Bonchev–Trinajstić information content (AvgIpc) is 3.38. The largest absolute Gasteiger partial charge is 0.345 e. The van der Waals surface area contributed by atoms with Crippen LogP contribution in [0.3, 0.4) is 0 Å². The van der Waals surface area contributed by atoms with E-state index in [9.17, 15) is 14.4 Å². The lowest BCUT2D eigenvalue weighted by atomic mass is 10.1. The number of fused-ring (bicyclic) bond motifs is 1. The number of H-pyrrole nitrogens is 1. The lowest BCUT2D eigenvalue weighted by Gasteiger charge is -2.25. The molecule has 4 heterocycles. The second-order valence-electron chi connectivity index (χ2n) is 10.3. The first kappa shape index (κ1) is 27.0. The molecular formula is C30H33N7O3. The summed E-state index contributed by atoms with van der Waals surface area (Å²) in [6.45, 7) is 4.02. The van der Waals surface area contributed by atoms with Crippen LogP contribution in [0.25, 0.3) is 22.3 Å². The Balaban J connectivity index is 1.27. The van der Waals surface area contributed by atoms with Crippen molar-refractivity contribution >= 4 is 40.1 Å². The Morgan fingerprint density at radius 3 is 2.40 bits per heavy atom. The molecule has 1 saturated heterocycles. The minimum absolute atomic E-state index is 0.0590. The highest BCUT2D eigenvalue weighted by molar-refractivity contribution is 6.06. The van der Waals surface area contributed by atoms with Crippen molar-refractivity contribution in [1.82, 2.24) is 24.8 Å². The molecule has 3 amide bonds. The van der Waals surface area contributed by atoms with Gasteiger partial charge in [-0.25, -0.2) is 4.98 Å². The highest BCUT2D eigenvalue weighted by atomic mass is 16.2. The summed E-state index contributed by atoms with van der Waals surface area (Å²) in [5, 5.41) is 6.58. The maximum absolute atomic E-state index is 13.1. The Kier molecular flexibility index (Phi) is 7.88. The quantitative estimate of drug-likeness (QED) is 0.322. The molecule has 1 fully saturated rings. The number of hydrogen-bond donors (Lipinski definition) is 3. The molecule has 0 aliphatic carbocycles. The number of rotatable bonds is 7. The van der Waals surface area contributed by atoms with Gasteiger partial charge in [0.05, 0.1) is 35.4 Å². The molecule has 0 saturated carbocycles. The van der Waals surface area contributed by atoms with E-state index in [2.05, 4.69) is 30.5 Å². The number of aromatic nitrogens is 3. The number of nitrogens with zero attached hydrogens (tertiary/aromatic N) is 4. The van der Waals surface area contributed by atoms with Crippen molar-refractivity contribution in [3.63, 3.8) is 0 Å². The van der Waals surface area contributed by atoms with Crippen LogP contribution in [-0.4, -0.2) is 76.2 Å². The fourth-order valence-electron chi connectivity index (χ4n) is 4.79. The van der Waals surface area contributed by atoms with Crippen molar-refractivity contribution in [2.75, 3.05) is 44.4 Å². The number of carbonyl (C=O) groups excluding carboxylic acids is 3. The Morgan fingerprint density at radius 2 is 1.68 bits per heavy atom. The highest BCUT2D eigenvalue weighted by Crippen LogP contribution is 2.25. The van der Waals surface area contributed by atoms with Gasteiger partial charge >= 0.3 is 0 Å². The fraction of sp³-hybridized carbons (Fsp3) is 0.300. The number of pyridine rings is 2. The smallest absolute Gasteiger partial charge is 0.257 e. The molecule has 4 aromatic rings. The van der Waals surface area contributed by atoms with Crippen LogP contribution >= 0.6 is 0 Å². The monoisotopic (exact) mass is 539 g/mol. The van der Waals surface area contributed by atoms with Gasteiger partial charge in [-0.1, -0.05) is 18.6 Å². The zero-order valence-corrected chi connectivity index (χ0v) is 23.0. The zero-order valence-electron chi connectivity index (χ0n) is 23.0. The van der Waals surface area contributed by atoms with Gasteiger partial charge in [-0.2, -0.15) is 0 Å². The fourth-order valence-corrected chi connectivity index (χ4v) is 4.79. The predicted octanol–water partition coefficient (Wildman–Crippen LogP) is 4.31. The van der Waals surface area contributed by atoms with E-state index in [1.54, 1.807) is 51.5 Å². The van der Waals surface area contributed by atoms with Crippen LogP contribution in [-0.2, 0) is 4.79 Å². The van der Waals surface area contributed by atoms with Crippen molar-refractivity contribution in [1.29, 1.82) is 0 Å². The summed E-state index contributed by atoms with van der Waals surface area (Å²) in [5.41, 5.74) is 5.07. The van der Waals surface area contributed by atoms with E-state index in [0.717, 1.165) is 42.6 Å². The summed E-state index contributed by atoms with van der Waals surface area (Å²) < 4.78 is 0. The summed E-state index contributed by atoms with van der Waals surface area (Å²) in [6.07, 6.45) is 6.56. The van der Waals surface area contributed by atoms with E-state index < -0.39 is 0 Å². The molecule has 3 aromatic heterocycles. The second kappa shape index (κ2) is 11.7. The zero-order chi connectivity index (χ0) is 28.2. The molecule has 10 nitrogen and oxygen atoms in total. The molecule has 40 heavy (non-hydrogen) atoms. The van der Waals surface area contributed by atoms with E-state index in [4.69, 9.17) is 0 Å². The number of piperidine rings is 1. The van der Waals surface area contributed by atoms with Crippen LogP contribution in [0.5, 0.6) is 0 Å². The summed E-state index contributed by atoms with van der Waals surface area (Å²) >= 11 is 0. The van der Waals surface area contributed by atoms with E-state index >= 15 is 0 Å². The molecule has 0 atom stereocenters. The molecule has 1 aliphatic rings. The van der Waals surface area contributed by atoms with Crippen LogP contribution in [0, 0.1) is 6.92 Å². The lowest BCUT2D eigenvalue weighted by Crippen LogP contribution is -2.36. The Morgan fingerprint density at radius 1 is 0.925 bits per heavy atom. The first-order valence-corrected chi connectivity index (χ1v) is 13.4. The van der Waals surface area contributed by atoms with Gasteiger partial charge in [0.1, 0.15) is 5.65 Å². The molecule has 0 unspecified atom stereocenters. The Hall–Kier alpha value is -4.57. The van der Waals surface area contributed by atoms with Crippen LogP contribution in [0.4, 0.5) is 11.4 Å². The summed E-state index contributed by atoms with van der Waals surface area (Å²) in [6, 6.07) is 12.7.